The van der Waals surface area contributed by atoms with Gasteiger partial charge in [-0.2, -0.15) is 0 Å². The van der Waals surface area contributed by atoms with E-state index < -0.39 is 174 Å². The second-order valence-corrected chi connectivity index (χ2v) is 36.0. The minimum atomic E-state index is -1.57. The number of aromatic nitrogens is 1. The molecule has 1 aromatic heterocycles. The first kappa shape index (κ1) is 102. The summed E-state index contributed by atoms with van der Waals surface area (Å²) in [6.07, 6.45) is 3.17. The molecule has 2 aliphatic heterocycles. The lowest BCUT2D eigenvalue weighted by Gasteiger charge is -2.37. The van der Waals surface area contributed by atoms with Crippen LogP contribution in [-0.4, -0.2) is 271 Å². The zero-order valence-electron chi connectivity index (χ0n) is 75.1. The summed E-state index contributed by atoms with van der Waals surface area (Å²) in [4.78, 5) is 227. The molecule has 36 heteroatoms. The number of aromatic hydroxyl groups is 2. The van der Waals surface area contributed by atoms with Crippen LogP contribution >= 0.6 is 23.5 Å². The van der Waals surface area contributed by atoms with Crippen LogP contribution in [0.3, 0.4) is 0 Å². The van der Waals surface area contributed by atoms with Crippen LogP contribution in [-0.2, 0) is 110 Å². The quantitative estimate of drug-likeness (QED) is 0.0244. The van der Waals surface area contributed by atoms with Crippen LogP contribution in [0, 0.1) is 11.8 Å². The average molecular weight is 1840 g/mol. The number of para-hydroxylation sites is 1. The highest BCUT2D eigenvalue weighted by molar-refractivity contribution is 8.00. The Morgan fingerprint density at radius 3 is 1.61 bits per heavy atom. The van der Waals surface area contributed by atoms with E-state index in [4.69, 9.17) is 17.2 Å². The van der Waals surface area contributed by atoms with Crippen molar-refractivity contribution in [3.63, 3.8) is 0 Å². The molecule has 14 amide bonds. The summed E-state index contributed by atoms with van der Waals surface area (Å²) in [7, 11) is 4.37. The Kier molecular flexibility index (Phi) is 38.9. The SMILES string of the molecule is CCCC[C@@H](C(=O)N1CSC[C@@H]1C(=O)N[C@H](C=O)CN)N(C)C(=O)C(Cc1ccccc1)N(C)C(=O)[C@H](Cc1ccccc1)NC(=O)CSC[C@H](NC(=O)[C@H](CC(C)C)NC(=O)[C@H](Cc1ccc(O)cc1)NC(=O)[C@H](Cc1c[nH]c2ccccc12)NC(=O)[C@H]1CCCN1C(=O)[C@H](Cc1ccc(O)cc1)NC(=O)C(Cc1ccccc1)N(C)C(=O)[C@@H](N)C(C)C)C(=O)NCC(N)=O. The summed E-state index contributed by atoms with van der Waals surface area (Å²) in [5.41, 5.74) is 21.8. The number of nitrogens with two attached hydrogens (primary N) is 3. The van der Waals surface area contributed by atoms with Crippen molar-refractivity contribution in [3.05, 3.63) is 203 Å². The Bertz CT molecular complexity index is 5080. The van der Waals surface area contributed by atoms with Crippen LogP contribution in [0.15, 0.2) is 170 Å². The molecule has 17 N–H and O–H groups in total. The molecule has 0 aliphatic carbocycles. The summed E-state index contributed by atoms with van der Waals surface area (Å²) in [5, 5.41) is 43.4. The standard InChI is InChI=1S/C95H123N17O17S2/c1-9-10-31-77(94(128)112-56-131-54-80(112)90(124)101-65(49-96)52-113)108(6)93(127)79(47-61-27-18-13-19-28-61)110(8)91(125)73(44-59-23-14-11-15-24-59)102-82(117)55-130-53-75(84(118)100-51-81(97)116)107-85(119)70(42-57(2)3)103-86(120)71(43-62-33-37-66(114)38-34-62)104-87(121)72(48-64-50-99-69-30-21-20-29-68(64)69)105-88(122)76-32-22-41-111(76)92(126)74(45-63-35-39-67(115)40-36-63)106-89(123)78(46-60-25-16-12-17-26-60)109(7)95(129)83(98)58(4)5/h11-21,23-30,33-40,50,52,57-58,65,70-80,83,99,114-115H,9-10,22,31-32,41-49,51,53-56,96,98H2,1-8H3,(H2,97,116)(H,100,118)(H,101,124)(H,102,117)(H,103,120)(H,104,121)(H,105,122)(H,106,123)(H,107,119)/t65-,70-,71-,72-,73-,74-,75-,76+,77-,78?,79?,80+,83-/m0/s1. The molecule has 7 aromatic rings. The number of hydrogen-bond donors (Lipinski definition) is 14. The maximum atomic E-state index is 15.5. The lowest BCUT2D eigenvalue weighted by Crippen LogP contribution is -2.61. The number of aromatic amines is 1. The zero-order chi connectivity index (χ0) is 95.1. The highest BCUT2D eigenvalue weighted by atomic mass is 32.2. The Morgan fingerprint density at radius 2 is 1.04 bits per heavy atom. The van der Waals surface area contributed by atoms with E-state index in [1.165, 1.54) is 93.8 Å². The Labute approximate surface area is 771 Å². The van der Waals surface area contributed by atoms with Gasteiger partial charge in [0.15, 0.2) is 0 Å². The molecule has 2 saturated heterocycles. The number of nitrogens with zero attached hydrogens (tertiary/aromatic N) is 5. The molecule has 34 nitrogen and oxygen atoms in total. The molecule has 2 aliphatic rings. The first-order valence-electron chi connectivity index (χ1n) is 44.0. The number of carbonyl (C=O) groups is 15. The van der Waals surface area contributed by atoms with Crippen molar-refractivity contribution in [2.24, 2.45) is 29.0 Å². The molecule has 0 radical (unpaired) electrons. The summed E-state index contributed by atoms with van der Waals surface area (Å²) in [5.74, 6) is -11.7. The number of phenolic OH excluding ortho intramolecular Hbond substituents is 2. The molecular formula is C95H123N17O17S2. The fourth-order valence-electron chi connectivity index (χ4n) is 15.8. The van der Waals surface area contributed by atoms with E-state index in [1.807, 2.05) is 19.1 Å². The number of carbonyl (C=O) groups excluding carboxylic acids is 15. The Balaban J connectivity index is 0.947. The number of aldehydes is 1. The van der Waals surface area contributed by atoms with Crippen LogP contribution in [0.1, 0.15) is 107 Å². The summed E-state index contributed by atoms with van der Waals surface area (Å²) < 4.78 is 0. The van der Waals surface area contributed by atoms with Crippen molar-refractivity contribution in [1.82, 2.24) is 72.0 Å². The fraction of sp³-hybridized carbons (Fsp3) is 0.442. The van der Waals surface area contributed by atoms with Gasteiger partial charge in [0.1, 0.15) is 84.2 Å². The third-order valence-electron chi connectivity index (χ3n) is 23.3. The third-order valence-corrected chi connectivity index (χ3v) is 25.4. The molecule has 3 heterocycles. The van der Waals surface area contributed by atoms with Gasteiger partial charge in [0.05, 0.1) is 30.3 Å². The van der Waals surface area contributed by atoms with Gasteiger partial charge in [-0.15, -0.1) is 23.5 Å². The van der Waals surface area contributed by atoms with Crippen molar-refractivity contribution < 1.29 is 82.1 Å². The van der Waals surface area contributed by atoms with Crippen molar-refractivity contribution in [1.29, 1.82) is 0 Å². The molecule has 13 atom stereocenters. The normalized spacial score (nSPS) is 16.2. The summed E-state index contributed by atoms with van der Waals surface area (Å²) >= 11 is 2.18. The highest BCUT2D eigenvalue weighted by Crippen LogP contribution is 2.29. The molecule has 0 bridgehead atoms. The molecule has 2 fully saturated rings. The van der Waals surface area contributed by atoms with E-state index in [-0.39, 0.29) is 112 Å². The Morgan fingerprint density at radius 1 is 0.534 bits per heavy atom. The van der Waals surface area contributed by atoms with Gasteiger partial charge >= 0.3 is 0 Å². The van der Waals surface area contributed by atoms with Gasteiger partial charge in [0.2, 0.25) is 82.7 Å². The number of unbranched alkanes of at least 4 members (excludes halogenated alkanes) is 1. The van der Waals surface area contributed by atoms with Crippen molar-refractivity contribution in [2.45, 2.75) is 190 Å². The lowest BCUT2D eigenvalue weighted by atomic mass is 9.99. The number of likely N-dealkylation sites (N-methyl/N-ethyl adjacent to an activating group) is 3. The van der Waals surface area contributed by atoms with Crippen molar-refractivity contribution in [2.75, 3.05) is 63.9 Å². The number of benzene rings is 6. The van der Waals surface area contributed by atoms with Gasteiger partial charge < -0.3 is 104 Å². The maximum absolute atomic E-state index is 15.5. The number of primary amides is 1. The molecule has 131 heavy (non-hydrogen) atoms. The molecule has 0 saturated carbocycles. The fourth-order valence-corrected chi connectivity index (χ4v) is 17.8. The van der Waals surface area contributed by atoms with E-state index in [0.29, 0.717) is 69.8 Å². The number of likely N-dealkylation sites (tertiary alicyclic amines) is 1. The van der Waals surface area contributed by atoms with E-state index in [9.17, 15) is 48.6 Å². The first-order valence-corrected chi connectivity index (χ1v) is 46.4. The number of rotatable bonds is 48. The minimum absolute atomic E-state index is 0.0346. The number of hydrogen-bond acceptors (Lipinski definition) is 21. The van der Waals surface area contributed by atoms with Gasteiger partial charge in [0.25, 0.3) is 0 Å². The number of amides is 14. The molecular weight excluding hydrogens is 1720 g/mol. The van der Waals surface area contributed by atoms with Crippen LogP contribution < -0.4 is 59.7 Å². The van der Waals surface area contributed by atoms with Gasteiger partial charge in [-0.1, -0.05) is 181 Å². The number of nitrogens with one attached hydrogen (secondary N) is 9. The highest BCUT2D eigenvalue weighted by Gasteiger charge is 2.45. The molecule has 0 spiro atoms. The number of fused-ring (bicyclic) bond motifs is 1. The minimum Gasteiger partial charge on any atom is -0.508 e. The van der Waals surface area contributed by atoms with E-state index in [0.717, 1.165) is 11.8 Å². The zero-order valence-corrected chi connectivity index (χ0v) is 76.8. The second-order valence-electron chi connectivity index (χ2n) is 33.9. The van der Waals surface area contributed by atoms with Gasteiger partial charge in [-0.25, -0.2) is 0 Å². The average Bonchev–Trinajstić information content (AvgIpc) is 1.18. The lowest BCUT2D eigenvalue weighted by molar-refractivity contribution is -0.152. The van der Waals surface area contributed by atoms with Crippen LogP contribution in [0.4, 0.5) is 0 Å². The molecule has 9 rings (SSSR count). The molecule has 702 valence electrons. The molecule has 2 unspecified atom stereocenters. The van der Waals surface area contributed by atoms with Crippen LogP contribution in [0.5, 0.6) is 11.5 Å². The monoisotopic (exact) mass is 1840 g/mol. The second kappa shape index (κ2) is 49.9. The van der Waals surface area contributed by atoms with E-state index >= 15 is 33.6 Å². The van der Waals surface area contributed by atoms with Crippen molar-refractivity contribution >= 4 is 123 Å². The predicted molar refractivity (Wildman–Crippen MR) is 498 cm³/mol. The van der Waals surface area contributed by atoms with Crippen LogP contribution in [0.2, 0.25) is 0 Å². The maximum Gasteiger partial charge on any atom is 0.246 e. The van der Waals surface area contributed by atoms with Gasteiger partial charge in [-0.05, 0) is 101 Å². The summed E-state index contributed by atoms with van der Waals surface area (Å²) in [6.45, 7) is 8.20. The van der Waals surface area contributed by atoms with Crippen molar-refractivity contribution in [3.8, 4) is 11.5 Å². The number of thioether (sulfide) groups is 2. The Hall–Kier alpha value is -12.7. The molecule has 6 aromatic carbocycles. The number of phenols is 2. The van der Waals surface area contributed by atoms with Crippen LogP contribution in [0.25, 0.3) is 10.9 Å². The van der Waals surface area contributed by atoms with E-state index in [2.05, 4.69) is 47.5 Å². The smallest absolute Gasteiger partial charge is 0.246 e. The van der Waals surface area contributed by atoms with E-state index in [1.54, 1.807) is 149 Å². The largest absolute Gasteiger partial charge is 0.508 e. The number of H-pyrrole nitrogens is 1. The summed E-state index contributed by atoms with van der Waals surface area (Å²) in [6, 6.07) is 29.1. The topological polar surface area (TPSA) is 503 Å². The van der Waals surface area contributed by atoms with Gasteiger partial charge in [0, 0.05) is 101 Å². The van der Waals surface area contributed by atoms with Gasteiger partial charge in [-0.3, -0.25) is 67.1 Å². The third kappa shape index (κ3) is 29.4. The first-order chi connectivity index (χ1) is 62.7. The predicted octanol–water partition coefficient (Wildman–Crippen LogP) is 2.81.